The summed E-state index contributed by atoms with van der Waals surface area (Å²) in [7, 11) is 0. The van der Waals surface area contributed by atoms with Crippen LogP contribution in [-0.4, -0.2) is 25.4 Å². The van der Waals surface area contributed by atoms with Crippen LogP contribution in [0.5, 0.6) is 0 Å². The highest BCUT2D eigenvalue weighted by molar-refractivity contribution is 5.19. The summed E-state index contributed by atoms with van der Waals surface area (Å²) in [6, 6.07) is 2.50. The standard InChI is InChI=1S/C15H27NO3/c1-11(2)16-9-15-13(5)8-14(19-15)10-17-6-7-18-12(3)4/h8,11-12,16H,6-7,9-10H2,1-5H3. The molecule has 0 aromatic carbocycles. The molecule has 4 nitrogen and oxygen atoms in total. The van der Waals surface area contributed by atoms with Crippen LogP contribution >= 0.6 is 0 Å². The van der Waals surface area contributed by atoms with Crippen LogP contribution in [0.3, 0.4) is 0 Å². The van der Waals surface area contributed by atoms with Crippen LogP contribution in [0.4, 0.5) is 0 Å². The van der Waals surface area contributed by atoms with Gasteiger partial charge in [-0.3, -0.25) is 0 Å². The van der Waals surface area contributed by atoms with Crippen molar-refractivity contribution < 1.29 is 13.9 Å². The van der Waals surface area contributed by atoms with Crippen molar-refractivity contribution in [2.45, 2.75) is 59.9 Å². The summed E-state index contributed by atoms with van der Waals surface area (Å²) in [6.07, 6.45) is 0.253. The maximum Gasteiger partial charge on any atom is 0.130 e. The molecule has 4 heteroatoms. The molecule has 0 aliphatic rings. The van der Waals surface area contributed by atoms with Gasteiger partial charge in [0.25, 0.3) is 0 Å². The fourth-order valence-corrected chi connectivity index (χ4v) is 1.65. The van der Waals surface area contributed by atoms with Crippen LogP contribution in [0.25, 0.3) is 0 Å². The molecule has 19 heavy (non-hydrogen) atoms. The second kappa shape index (κ2) is 8.35. The van der Waals surface area contributed by atoms with E-state index in [1.807, 2.05) is 19.9 Å². The van der Waals surface area contributed by atoms with E-state index < -0.39 is 0 Å². The molecule has 0 aliphatic carbocycles. The molecule has 0 atom stereocenters. The highest BCUT2D eigenvalue weighted by atomic mass is 16.5. The third kappa shape index (κ3) is 6.76. The molecule has 0 radical (unpaired) electrons. The van der Waals surface area contributed by atoms with Gasteiger partial charge in [-0.2, -0.15) is 0 Å². The highest BCUT2D eigenvalue weighted by Gasteiger charge is 2.08. The molecule has 0 aliphatic heterocycles. The Kier molecular flexibility index (Phi) is 7.13. The van der Waals surface area contributed by atoms with Crippen molar-refractivity contribution in [1.29, 1.82) is 0 Å². The molecular weight excluding hydrogens is 242 g/mol. The van der Waals surface area contributed by atoms with E-state index in [0.717, 1.165) is 18.1 Å². The van der Waals surface area contributed by atoms with Crippen LogP contribution in [0, 0.1) is 6.92 Å². The van der Waals surface area contributed by atoms with Crippen LogP contribution in [0.1, 0.15) is 44.8 Å². The minimum absolute atomic E-state index is 0.253. The molecule has 0 fully saturated rings. The van der Waals surface area contributed by atoms with Gasteiger partial charge in [0, 0.05) is 6.04 Å². The van der Waals surface area contributed by atoms with Gasteiger partial charge in [-0.05, 0) is 32.4 Å². The van der Waals surface area contributed by atoms with Crippen molar-refractivity contribution in [2.24, 2.45) is 0 Å². The zero-order valence-corrected chi connectivity index (χ0v) is 12.8. The van der Waals surface area contributed by atoms with Crippen molar-refractivity contribution in [2.75, 3.05) is 13.2 Å². The van der Waals surface area contributed by atoms with E-state index >= 15 is 0 Å². The van der Waals surface area contributed by atoms with Gasteiger partial charge in [-0.25, -0.2) is 0 Å². The number of nitrogens with one attached hydrogen (secondary N) is 1. The van der Waals surface area contributed by atoms with Crippen molar-refractivity contribution in [3.8, 4) is 0 Å². The average Bonchev–Trinajstić information content (AvgIpc) is 2.66. The molecule has 1 rings (SSSR count). The molecular formula is C15H27NO3. The van der Waals surface area contributed by atoms with E-state index in [4.69, 9.17) is 13.9 Å². The van der Waals surface area contributed by atoms with Crippen molar-refractivity contribution in [3.63, 3.8) is 0 Å². The number of rotatable bonds is 9. The Bertz CT molecular complexity index is 358. The van der Waals surface area contributed by atoms with E-state index in [1.54, 1.807) is 0 Å². The van der Waals surface area contributed by atoms with Crippen molar-refractivity contribution in [3.05, 3.63) is 23.2 Å². The van der Waals surface area contributed by atoms with E-state index in [2.05, 4.69) is 26.1 Å². The van der Waals surface area contributed by atoms with E-state index in [-0.39, 0.29) is 6.10 Å². The molecule has 110 valence electrons. The fourth-order valence-electron chi connectivity index (χ4n) is 1.65. The Morgan fingerprint density at radius 1 is 1.21 bits per heavy atom. The SMILES string of the molecule is Cc1cc(COCCOC(C)C)oc1CNC(C)C. The van der Waals surface area contributed by atoms with Gasteiger partial charge in [-0.1, -0.05) is 13.8 Å². The summed E-state index contributed by atoms with van der Waals surface area (Å²) in [5, 5.41) is 3.35. The number of hydrogen-bond donors (Lipinski definition) is 1. The maximum absolute atomic E-state index is 5.76. The zero-order valence-electron chi connectivity index (χ0n) is 12.8. The molecule has 0 spiro atoms. The fraction of sp³-hybridized carbons (Fsp3) is 0.733. The summed E-state index contributed by atoms with van der Waals surface area (Å²) in [5.74, 6) is 1.87. The Morgan fingerprint density at radius 3 is 2.58 bits per heavy atom. The van der Waals surface area contributed by atoms with Gasteiger partial charge in [0.1, 0.15) is 18.1 Å². The molecule has 0 bridgehead atoms. The quantitative estimate of drug-likeness (QED) is 0.700. The minimum Gasteiger partial charge on any atom is -0.462 e. The van der Waals surface area contributed by atoms with Gasteiger partial charge in [-0.15, -0.1) is 0 Å². The Labute approximate surface area is 116 Å². The van der Waals surface area contributed by atoms with E-state index in [9.17, 15) is 0 Å². The first-order valence-electron chi connectivity index (χ1n) is 7.00. The molecule has 0 amide bonds. The Morgan fingerprint density at radius 2 is 1.95 bits per heavy atom. The van der Waals surface area contributed by atoms with Gasteiger partial charge in [0.15, 0.2) is 0 Å². The lowest BCUT2D eigenvalue weighted by molar-refractivity contribution is 0.0101. The van der Waals surface area contributed by atoms with Gasteiger partial charge in [0.05, 0.1) is 25.9 Å². The predicted molar refractivity (Wildman–Crippen MR) is 76.2 cm³/mol. The molecule has 0 unspecified atom stereocenters. The van der Waals surface area contributed by atoms with Crippen LogP contribution in [-0.2, 0) is 22.6 Å². The van der Waals surface area contributed by atoms with Crippen LogP contribution < -0.4 is 5.32 Å². The molecule has 1 N–H and O–H groups in total. The monoisotopic (exact) mass is 269 g/mol. The number of furan rings is 1. The van der Waals surface area contributed by atoms with Crippen molar-refractivity contribution >= 4 is 0 Å². The number of ether oxygens (including phenoxy) is 2. The van der Waals surface area contributed by atoms with E-state index in [0.29, 0.717) is 25.9 Å². The first kappa shape index (κ1) is 16.2. The zero-order chi connectivity index (χ0) is 14.3. The normalized spacial score (nSPS) is 11.7. The van der Waals surface area contributed by atoms with Gasteiger partial charge in [0.2, 0.25) is 0 Å². The summed E-state index contributed by atoms with van der Waals surface area (Å²) < 4.78 is 16.7. The maximum atomic E-state index is 5.76. The lowest BCUT2D eigenvalue weighted by Crippen LogP contribution is -2.21. The van der Waals surface area contributed by atoms with Gasteiger partial charge < -0.3 is 19.2 Å². The second-order valence-electron chi connectivity index (χ2n) is 5.33. The first-order chi connectivity index (χ1) is 8.99. The third-order valence-corrected chi connectivity index (χ3v) is 2.67. The summed E-state index contributed by atoms with van der Waals surface area (Å²) in [4.78, 5) is 0. The first-order valence-corrected chi connectivity index (χ1v) is 7.00. The smallest absolute Gasteiger partial charge is 0.130 e. The average molecular weight is 269 g/mol. The lowest BCUT2D eigenvalue weighted by Gasteiger charge is -2.07. The lowest BCUT2D eigenvalue weighted by atomic mass is 10.2. The minimum atomic E-state index is 0.253. The molecule has 1 aromatic heterocycles. The Hall–Kier alpha value is -0.840. The predicted octanol–water partition coefficient (Wildman–Crippen LogP) is 3.03. The highest BCUT2D eigenvalue weighted by Crippen LogP contribution is 2.15. The molecule has 0 saturated carbocycles. The Balaban J connectivity index is 2.29. The number of aryl methyl sites for hydroxylation is 1. The topological polar surface area (TPSA) is 43.6 Å². The second-order valence-corrected chi connectivity index (χ2v) is 5.33. The number of hydrogen-bond acceptors (Lipinski definition) is 4. The molecule has 1 aromatic rings. The molecule has 0 saturated heterocycles. The summed E-state index contributed by atoms with van der Waals surface area (Å²) >= 11 is 0. The van der Waals surface area contributed by atoms with Gasteiger partial charge >= 0.3 is 0 Å². The van der Waals surface area contributed by atoms with Crippen LogP contribution in [0.2, 0.25) is 0 Å². The molecule has 1 heterocycles. The largest absolute Gasteiger partial charge is 0.462 e. The summed E-state index contributed by atoms with van der Waals surface area (Å²) in [5.41, 5.74) is 1.17. The third-order valence-electron chi connectivity index (χ3n) is 2.67. The van der Waals surface area contributed by atoms with Crippen LogP contribution in [0.15, 0.2) is 10.5 Å². The summed E-state index contributed by atoms with van der Waals surface area (Å²) in [6.45, 7) is 12.8. The van der Waals surface area contributed by atoms with Crippen molar-refractivity contribution in [1.82, 2.24) is 5.32 Å². The van der Waals surface area contributed by atoms with E-state index in [1.165, 1.54) is 5.56 Å².